The van der Waals surface area contributed by atoms with Gasteiger partial charge in [-0.3, -0.25) is 19.1 Å². The number of rotatable bonds is 10. The number of aryl methyl sites for hydroxylation is 1. The fourth-order valence-electron chi connectivity index (χ4n) is 8.47. The lowest BCUT2D eigenvalue weighted by molar-refractivity contribution is -0.141. The van der Waals surface area contributed by atoms with Crippen molar-refractivity contribution in [3.05, 3.63) is 41.3 Å². The van der Waals surface area contributed by atoms with Gasteiger partial charge in [-0.25, -0.2) is 23.2 Å². The van der Waals surface area contributed by atoms with Crippen LogP contribution in [0.1, 0.15) is 90.0 Å². The number of fused-ring (bicyclic) bond motifs is 3. The van der Waals surface area contributed by atoms with E-state index in [-0.39, 0.29) is 31.5 Å². The third kappa shape index (κ3) is 9.80. The zero-order valence-electron chi connectivity index (χ0n) is 34.7. The van der Waals surface area contributed by atoms with Gasteiger partial charge >= 0.3 is 6.09 Å². The van der Waals surface area contributed by atoms with Crippen molar-refractivity contribution in [3.63, 3.8) is 0 Å². The lowest BCUT2D eigenvalue weighted by Gasteiger charge is -2.30. The van der Waals surface area contributed by atoms with Gasteiger partial charge in [-0.1, -0.05) is 25.0 Å². The molecule has 1 unspecified atom stereocenters. The van der Waals surface area contributed by atoms with Crippen LogP contribution < -0.4 is 30.1 Å². The van der Waals surface area contributed by atoms with Crippen molar-refractivity contribution in [2.24, 2.45) is 5.92 Å². The number of aromatic nitrogens is 2. The molecule has 3 aromatic rings. The van der Waals surface area contributed by atoms with Crippen LogP contribution in [0.4, 0.5) is 9.93 Å². The van der Waals surface area contributed by atoms with E-state index in [1.54, 1.807) is 13.2 Å². The summed E-state index contributed by atoms with van der Waals surface area (Å²) in [6, 6.07) is 3.54. The molecule has 16 nitrogen and oxygen atoms in total. The largest absolute Gasteiger partial charge is 0.496 e. The summed E-state index contributed by atoms with van der Waals surface area (Å²) in [7, 11) is -2.36. The molecule has 2 aliphatic carbocycles. The summed E-state index contributed by atoms with van der Waals surface area (Å²) in [4.78, 5) is 67.3. The zero-order valence-corrected chi connectivity index (χ0v) is 36.4. The standard InChI is InChI=1S/C42H55N7O9S2/c1-24(2)43-40-45-32(23-59-40)31-20-35(29-17-18-34(56-4)25(3)36(29)44-31)57-28-19-33-37(50)47-42(39(52)48-60(5,54)55)21-26(42)13-9-7-6-8-10-16-30(38(51)49(33)22-28)46-41(53)58-27-14-11-12-15-27/h9,13,17-18,20,23-24,26-28,30,33H,6-8,10-12,14-16,19,21-22H2,1-5H3,(H,43,45)(H,46,53)(H,47,50)(H,48,52)/b13-9-/t26?,28-,30+,33+,42-/m1/s1. The Bertz CT molecular complexity index is 2260. The fourth-order valence-corrected chi connectivity index (χ4v) is 9.84. The molecule has 0 radical (unpaired) electrons. The summed E-state index contributed by atoms with van der Waals surface area (Å²) in [5.41, 5.74) is 1.08. The van der Waals surface area contributed by atoms with Crippen molar-refractivity contribution >= 4 is 61.2 Å². The maximum atomic E-state index is 14.7. The molecule has 0 spiro atoms. The molecule has 4 heterocycles. The number of amides is 4. The minimum absolute atomic E-state index is 0.0217. The Morgan fingerprint density at radius 1 is 1.02 bits per heavy atom. The van der Waals surface area contributed by atoms with Gasteiger partial charge in [0.25, 0.3) is 5.91 Å². The van der Waals surface area contributed by atoms with E-state index < -0.39 is 63.5 Å². The molecule has 4 aliphatic rings. The van der Waals surface area contributed by atoms with Gasteiger partial charge in [0.15, 0.2) is 5.13 Å². The van der Waals surface area contributed by atoms with Crippen molar-refractivity contribution in [2.75, 3.05) is 25.2 Å². The average Bonchev–Trinajstić information content (AvgIpc) is 3.61. The third-order valence-electron chi connectivity index (χ3n) is 11.6. The van der Waals surface area contributed by atoms with E-state index in [1.165, 1.54) is 16.2 Å². The first kappa shape index (κ1) is 43.1. The van der Waals surface area contributed by atoms with Gasteiger partial charge in [-0.05, 0) is 84.3 Å². The van der Waals surface area contributed by atoms with Gasteiger partial charge in [0, 0.05) is 40.8 Å². The molecule has 1 saturated heterocycles. The molecule has 5 atom stereocenters. The van der Waals surface area contributed by atoms with Gasteiger partial charge in [0.1, 0.15) is 47.0 Å². The van der Waals surface area contributed by atoms with Gasteiger partial charge in [-0.2, -0.15) is 0 Å². The normalized spacial score (nSPS) is 25.7. The number of hydrogen-bond donors (Lipinski definition) is 4. The molecule has 18 heteroatoms. The summed E-state index contributed by atoms with van der Waals surface area (Å²) >= 11 is 1.46. The third-order valence-corrected chi connectivity index (χ3v) is 13.0. The molecule has 324 valence electrons. The Morgan fingerprint density at radius 2 is 1.78 bits per heavy atom. The Balaban J connectivity index is 1.23. The summed E-state index contributed by atoms with van der Waals surface area (Å²) in [5, 5.41) is 12.4. The molecule has 2 aliphatic heterocycles. The molecule has 60 heavy (non-hydrogen) atoms. The van der Waals surface area contributed by atoms with Crippen LogP contribution >= 0.6 is 11.3 Å². The maximum Gasteiger partial charge on any atom is 0.408 e. The summed E-state index contributed by atoms with van der Waals surface area (Å²) in [6.45, 7) is 5.95. The number of pyridine rings is 1. The molecule has 4 amide bonds. The molecule has 1 aromatic carbocycles. The van der Waals surface area contributed by atoms with E-state index in [2.05, 4.69) is 20.7 Å². The molecule has 0 bridgehead atoms. The second-order valence-corrected chi connectivity index (χ2v) is 19.3. The Labute approximate surface area is 354 Å². The minimum Gasteiger partial charge on any atom is -0.496 e. The highest BCUT2D eigenvalue weighted by Gasteiger charge is 2.61. The van der Waals surface area contributed by atoms with Crippen LogP contribution in [-0.2, 0) is 29.1 Å². The molecule has 3 fully saturated rings. The quantitative estimate of drug-likeness (QED) is 0.190. The number of allylic oxidation sites excluding steroid dienone is 1. The SMILES string of the molecule is COc1ccc2c(O[C@@H]3C[C@H]4C(=O)N[C@]5(C(=O)NS(C)(=O)=O)CC5/C=C\CCCCC[C@H](NC(=O)OC5CCCC5)C(=O)N4C3)cc(-c3csc(NC(C)C)n3)nc2c1C. The Hall–Kier alpha value is -4.97. The lowest BCUT2D eigenvalue weighted by Crippen LogP contribution is -2.58. The van der Waals surface area contributed by atoms with E-state index in [1.807, 2.05) is 50.4 Å². The Morgan fingerprint density at radius 3 is 2.52 bits per heavy atom. The predicted octanol–water partition coefficient (Wildman–Crippen LogP) is 5.35. The smallest absolute Gasteiger partial charge is 0.408 e. The monoisotopic (exact) mass is 865 g/mol. The number of methoxy groups -OCH3 is 1. The minimum atomic E-state index is -3.95. The number of anilines is 1. The number of carbonyl (C=O) groups is 4. The van der Waals surface area contributed by atoms with E-state index in [0.717, 1.165) is 55.5 Å². The fraction of sp³-hybridized carbons (Fsp3) is 0.571. The van der Waals surface area contributed by atoms with Crippen molar-refractivity contribution in [1.29, 1.82) is 0 Å². The molecule has 4 N–H and O–H groups in total. The van der Waals surface area contributed by atoms with E-state index >= 15 is 0 Å². The maximum absolute atomic E-state index is 14.7. The Kier molecular flexibility index (Phi) is 12.9. The van der Waals surface area contributed by atoms with Crippen molar-refractivity contribution < 1.29 is 41.8 Å². The van der Waals surface area contributed by atoms with E-state index in [0.29, 0.717) is 53.1 Å². The highest BCUT2D eigenvalue weighted by Crippen LogP contribution is 2.46. The highest BCUT2D eigenvalue weighted by atomic mass is 32.2. The number of hydrogen-bond acceptors (Lipinski definition) is 13. The molecular formula is C42H55N7O9S2. The second-order valence-electron chi connectivity index (χ2n) is 16.7. The number of alkyl carbamates (subject to hydrolysis) is 1. The molecule has 2 saturated carbocycles. The number of thiazole rings is 1. The van der Waals surface area contributed by atoms with Crippen LogP contribution in [0.25, 0.3) is 22.3 Å². The van der Waals surface area contributed by atoms with Gasteiger partial charge in [0.2, 0.25) is 21.8 Å². The summed E-state index contributed by atoms with van der Waals surface area (Å²) < 4.78 is 44.6. The molecule has 2 aromatic heterocycles. The molecular weight excluding hydrogens is 811 g/mol. The lowest BCUT2D eigenvalue weighted by atomic mass is 10.0. The van der Waals surface area contributed by atoms with Gasteiger partial charge in [0.05, 0.1) is 31.1 Å². The van der Waals surface area contributed by atoms with Gasteiger partial charge < -0.3 is 35.1 Å². The van der Waals surface area contributed by atoms with Crippen LogP contribution in [0, 0.1) is 12.8 Å². The number of carbonyl (C=O) groups excluding carboxylic acids is 4. The van der Waals surface area contributed by atoms with Crippen LogP contribution in [0.15, 0.2) is 35.7 Å². The number of nitrogens with one attached hydrogen (secondary N) is 4. The van der Waals surface area contributed by atoms with Crippen molar-refractivity contribution in [3.8, 4) is 22.9 Å². The number of ether oxygens (including phenoxy) is 3. The first-order valence-corrected chi connectivity index (χ1v) is 23.6. The summed E-state index contributed by atoms with van der Waals surface area (Å²) in [6.07, 6.45) is 9.92. The van der Waals surface area contributed by atoms with E-state index in [9.17, 15) is 27.6 Å². The number of nitrogens with zero attached hydrogens (tertiary/aromatic N) is 3. The predicted molar refractivity (Wildman–Crippen MR) is 227 cm³/mol. The molecule has 7 rings (SSSR count). The number of sulfonamides is 1. The van der Waals surface area contributed by atoms with Gasteiger partial charge in [-0.15, -0.1) is 11.3 Å². The van der Waals surface area contributed by atoms with Crippen LogP contribution in [-0.4, -0.2) is 103 Å². The first-order chi connectivity index (χ1) is 28.6. The first-order valence-electron chi connectivity index (χ1n) is 20.8. The zero-order chi connectivity index (χ0) is 42.8. The van der Waals surface area contributed by atoms with Crippen molar-refractivity contribution in [2.45, 2.75) is 127 Å². The van der Waals surface area contributed by atoms with Crippen LogP contribution in [0.5, 0.6) is 11.5 Å². The summed E-state index contributed by atoms with van der Waals surface area (Å²) in [5.74, 6) is -1.31. The number of benzene rings is 1. The van der Waals surface area contributed by atoms with Crippen LogP contribution in [0.3, 0.4) is 0 Å². The van der Waals surface area contributed by atoms with E-state index in [4.69, 9.17) is 24.2 Å². The second kappa shape index (κ2) is 17.9. The highest BCUT2D eigenvalue weighted by molar-refractivity contribution is 7.89. The topological polar surface area (TPSA) is 207 Å². The van der Waals surface area contributed by atoms with Crippen LogP contribution in [0.2, 0.25) is 0 Å². The van der Waals surface area contributed by atoms with Crippen molar-refractivity contribution in [1.82, 2.24) is 30.2 Å². The average molecular weight is 866 g/mol.